The summed E-state index contributed by atoms with van der Waals surface area (Å²) in [5, 5.41) is 12.9. The molecule has 0 amide bonds. The molecule has 0 spiro atoms. The molecule has 2 nitrogen and oxygen atoms in total. The normalized spacial score (nSPS) is 21.0. The van der Waals surface area contributed by atoms with Gasteiger partial charge in [0.15, 0.2) is 0 Å². The van der Waals surface area contributed by atoms with Gasteiger partial charge in [0.05, 0.1) is 6.10 Å². The van der Waals surface area contributed by atoms with E-state index in [0.717, 1.165) is 31.8 Å². The second-order valence-corrected chi connectivity index (χ2v) is 4.60. The molecule has 84 valence electrons. The molecule has 1 rings (SSSR count). The minimum absolute atomic E-state index is 0.136. The lowest BCUT2D eigenvalue weighted by Gasteiger charge is -2.22. The first-order valence-corrected chi connectivity index (χ1v) is 6.21. The van der Waals surface area contributed by atoms with Crippen molar-refractivity contribution in [3.8, 4) is 0 Å². The van der Waals surface area contributed by atoms with Gasteiger partial charge in [-0.2, -0.15) is 0 Å². The molecule has 1 atom stereocenters. The fourth-order valence-corrected chi connectivity index (χ4v) is 2.28. The second kappa shape index (κ2) is 7.24. The van der Waals surface area contributed by atoms with Crippen molar-refractivity contribution in [2.24, 2.45) is 5.92 Å². The number of nitrogens with one attached hydrogen (secondary N) is 1. The van der Waals surface area contributed by atoms with Gasteiger partial charge in [-0.1, -0.05) is 32.6 Å². The van der Waals surface area contributed by atoms with E-state index < -0.39 is 0 Å². The van der Waals surface area contributed by atoms with Crippen molar-refractivity contribution in [1.82, 2.24) is 5.32 Å². The van der Waals surface area contributed by atoms with Gasteiger partial charge in [0.2, 0.25) is 0 Å². The Morgan fingerprint density at radius 2 is 2.00 bits per heavy atom. The van der Waals surface area contributed by atoms with Crippen LogP contribution in [0, 0.1) is 5.92 Å². The van der Waals surface area contributed by atoms with Gasteiger partial charge in [0.25, 0.3) is 0 Å². The van der Waals surface area contributed by atoms with Crippen LogP contribution in [0.4, 0.5) is 0 Å². The van der Waals surface area contributed by atoms with E-state index in [0.29, 0.717) is 0 Å². The smallest absolute Gasteiger partial charge is 0.0664 e. The van der Waals surface area contributed by atoms with Crippen LogP contribution in [0.1, 0.15) is 51.9 Å². The van der Waals surface area contributed by atoms with Gasteiger partial charge < -0.3 is 10.4 Å². The Morgan fingerprint density at radius 3 is 2.64 bits per heavy atom. The summed E-state index contributed by atoms with van der Waals surface area (Å²) < 4.78 is 0. The summed E-state index contributed by atoms with van der Waals surface area (Å²) in [5.74, 6) is 0.873. The maximum absolute atomic E-state index is 9.52. The molecule has 2 N–H and O–H groups in total. The quantitative estimate of drug-likeness (QED) is 0.688. The first-order valence-electron chi connectivity index (χ1n) is 6.21. The lowest BCUT2D eigenvalue weighted by Crippen LogP contribution is -2.31. The molecule has 0 saturated heterocycles. The number of rotatable bonds is 6. The molecule has 1 unspecified atom stereocenters. The molecule has 2 heteroatoms. The monoisotopic (exact) mass is 199 g/mol. The van der Waals surface area contributed by atoms with E-state index in [1.807, 2.05) is 0 Å². The molecule has 0 radical (unpaired) electrons. The van der Waals surface area contributed by atoms with Crippen LogP contribution in [0.15, 0.2) is 0 Å². The minimum atomic E-state index is -0.136. The molecule has 0 heterocycles. The molecule has 0 aromatic rings. The van der Waals surface area contributed by atoms with Crippen LogP contribution in [-0.2, 0) is 0 Å². The van der Waals surface area contributed by atoms with Gasteiger partial charge in [0.1, 0.15) is 0 Å². The van der Waals surface area contributed by atoms with Crippen molar-refractivity contribution in [1.29, 1.82) is 0 Å². The maximum atomic E-state index is 9.52. The van der Waals surface area contributed by atoms with Crippen molar-refractivity contribution in [3.05, 3.63) is 0 Å². The minimum Gasteiger partial charge on any atom is -0.392 e. The molecule has 1 aliphatic carbocycles. The highest BCUT2D eigenvalue weighted by molar-refractivity contribution is 4.69. The molecular formula is C12H25NO. The van der Waals surface area contributed by atoms with E-state index in [1.165, 1.54) is 32.1 Å². The van der Waals surface area contributed by atoms with Crippen LogP contribution in [0.2, 0.25) is 0 Å². The first kappa shape index (κ1) is 12.0. The number of aliphatic hydroxyl groups is 1. The molecule has 14 heavy (non-hydrogen) atoms. The fraction of sp³-hybridized carbons (Fsp3) is 1.00. The van der Waals surface area contributed by atoms with Crippen molar-refractivity contribution >= 4 is 0 Å². The molecule has 1 fully saturated rings. The van der Waals surface area contributed by atoms with Gasteiger partial charge in [0, 0.05) is 6.54 Å². The third kappa shape index (κ3) is 4.97. The van der Waals surface area contributed by atoms with E-state index in [9.17, 15) is 5.11 Å². The Morgan fingerprint density at radius 1 is 1.29 bits per heavy atom. The summed E-state index contributed by atoms with van der Waals surface area (Å²) in [4.78, 5) is 0. The van der Waals surface area contributed by atoms with Crippen LogP contribution in [-0.4, -0.2) is 24.3 Å². The Labute approximate surface area is 88.1 Å². The fourth-order valence-electron chi connectivity index (χ4n) is 2.28. The Kier molecular flexibility index (Phi) is 6.20. The first-order chi connectivity index (χ1) is 6.83. The van der Waals surface area contributed by atoms with E-state index in [4.69, 9.17) is 0 Å². The number of aliphatic hydroxyl groups excluding tert-OH is 1. The molecule has 1 aliphatic rings. The topological polar surface area (TPSA) is 32.3 Å². The van der Waals surface area contributed by atoms with Crippen molar-refractivity contribution in [3.63, 3.8) is 0 Å². The van der Waals surface area contributed by atoms with Gasteiger partial charge in [-0.25, -0.2) is 0 Å². The van der Waals surface area contributed by atoms with Gasteiger partial charge in [-0.15, -0.1) is 0 Å². The average molecular weight is 199 g/mol. The number of hydrogen-bond donors (Lipinski definition) is 2. The zero-order valence-corrected chi connectivity index (χ0v) is 9.47. The predicted octanol–water partition coefficient (Wildman–Crippen LogP) is 2.32. The molecule has 1 saturated carbocycles. The summed E-state index contributed by atoms with van der Waals surface area (Å²) in [6, 6.07) is 0. The zero-order chi connectivity index (χ0) is 10.2. The highest BCUT2D eigenvalue weighted by Crippen LogP contribution is 2.22. The van der Waals surface area contributed by atoms with Crippen LogP contribution < -0.4 is 5.32 Å². The van der Waals surface area contributed by atoms with E-state index in [-0.39, 0.29) is 6.10 Å². The van der Waals surface area contributed by atoms with Crippen LogP contribution in [0.3, 0.4) is 0 Å². The summed E-state index contributed by atoms with van der Waals surface area (Å²) in [6.45, 7) is 4.01. The van der Waals surface area contributed by atoms with Crippen LogP contribution >= 0.6 is 0 Å². The highest BCUT2D eigenvalue weighted by atomic mass is 16.3. The summed E-state index contributed by atoms with van der Waals surface area (Å²) in [6.07, 6.45) is 8.88. The number of hydrogen-bond acceptors (Lipinski definition) is 2. The van der Waals surface area contributed by atoms with E-state index in [1.54, 1.807) is 0 Å². The second-order valence-electron chi connectivity index (χ2n) is 4.60. The third-order valence-corrected chi connectivity index (χ3v) is 3.16. The molecule has 0 aromatic carbocycles. The zero-order valence-electron chi connectivity index (χ0n) is 9.47. The standard InChI is InChI=1S/C12H25NO/c1-2-6-12(14)10-13-9-11-7-4-3-5-8-11/h11-14H,2-10H2,1H3. The average Bonchev–Trinajstić information content (AvgIpc) is 2.20. The lowest BCUT2D eigenvalue weighted by molar-refractivity contribution is 0.157. The lowest BCUT2D eigenvalue weighted by atomic mass is 9.89. The van der Waals surface area contributed by atoms with Gasteiger partial charge in [-0.3, -0.25) is 0 Å². The van der Waals surface area contributed by atoms with E-state index in [2.05, 4.69) is 12.2 Å². The van der Waals surface area contributed by atoms with Gasteiger partial charge in [-0.05, 0) is 31.7 Å². The summed E-state index contributed by atoms with van der Waals surface area (Å²) >= 11 is 0. The maximum Gasteiger partial charge on any atom is 0.0664 e. The molecule has 0 bridgehead atoms. The summed E-state index contributed by atoms with van der Waals surface area (Å²) in [5.41, 5.74) is 0. The van der Waals surface area contributed by atoms with Crippen LogP contribution in [0.25, 0.3) is 0 Å². The van der Waals surface area contributed by atoms with Gasteiger partial charge >= 0.3 is 0 Å². The largest absolute Gasteiger partial charge is 0.392 e. The van der Waals surface area contributed by atoms with Crippen molar-refractivity contribution < 1.29 is 5.11 Å². The Hall–Kier alpha value is -0.0800. The Balaban J connectivity index is 1.96. The Bertz CT molecular complexity index is 132. The molecular weight excluding hydrogens is 174 g/mol. The van der Waals surface area contributed by atoms with Crippen molar-refractivity contribution in [2.45, 2.75) is 58.0 Å². The van der Waals surface area contributed by atoms with Crippen molar-refractivity contribution in [2.75, 3.05) is 13.1 Å². The highest BCUT2D eigenvalue weighted by Gasteiger charge is 2.13. The third-order valence-electron chi connectivity index (χ3n) is 3.16. The molecule has 0 aromatic heterocycles. The van der Waals surface area contributed by atoms with E-state index >= 15 is 0 Å². The predicted molar refractivity (Wildman–Crippen MR) is 60.4 cm³/mol. The molecule has 0 aliphatic heterocycles. The van der Waals surface area contributed by atoms with Crippen LogP contribution in [0.5, 0.6) is 0 Å². The summed E-state index contributed by atoms with van der Waals surface area (Å²) in [7, 11) is 0. The SMILES string of the molecule is CCCC(O)CNCC1CCCCC1.